The molecule has 3 rings (SSSR count). The number of carbonyl (C=O) groups is 2. The maximum absolute atomic E-state index is 14.1. The molecule has 11 heteroatoms. The van der Waals surface area contributed by atoms with Crippen LogP contribution in [0.2, 0.25) is 5.02 Å². The number of hydrogen-bond acceptors (Lipinski definition) is 6. The average Bonchev–Trinajstić information content (AvgIpc) is 2.93. The summed E-state index contributed by atoms with van der Waals surface area (Å²) in [6.07, 6.45) is 0. The molecule has 1 unspecified atom stereocenters. The number of carbonyl (C=O) groups excluding carboxylic acids is 2. The Hall–Kier alpha value is -3.76. The highest BCUT2D eigenvalue weighted by atomic mass is 35.5. The van der Waals surface area contributed by atoms with Crippen LogP contribution >= 0.6 is 11.6 Å². The molecular formula is C30H36ClN3O6S. The summed E-state index contributed by atoms with van der Waals surface area (Å²) in [6.45, 7) is 6.53. The van der Waals surface area contributed by atoms with Gasteiger partial charge in [0.15, 0.2) is 0 Å². The highest BCUT2D eigenvalue weighted by molar-refractivity contribution is 7.92. The topological polar surface area (TPSA) is 105 Å². The van der Waals surface area contributed by atoms with Crippen molar-refractivity contribution in [3.8, 4) is 11.5 Å². The van der Waals surface area contributed by atoms with Gasteiger partial charge in [-0.1, -0.05) is 41.9 Å². The van der Waals surface area contributed by atoms with Crippen molar-refractivity contribution in [3.05, 3.63) is 83.4 Å². The second-order valence-electron chi connectivity index (χ2n) is 10.4. The van der Waals surface area contributed by atoms with E-state index in [0.717, 1.165) is 4.31 Å². The lowest BCUT2D eigenvalue weighted by molar-refractivity contribution is -0.140. The van der Waals surface area contributed by atoms with E-state index < -0.39 is 34.1 Å². The molecule has 0 spiro atoms. The molecule has 41 heavy (non-hydrogen) atoms. The highest BCUT2D eigenvalue weighted by Gasteiger charge is 2.34. The second kappa shape index (κ2) is 13.3. The van der Waals surface area contributed by atoms with Crippen LogP contribution in [0.3, 0.4) is 0 Å². The summed E-state index contributed by atoms with van der Waals surface area (Å²) in [7, 11) is -1.33. The van der Waals surface area contributed by atoms with Crippen molar-refractivity contribution in [3.63, 3.8) is 0 Å². The summed E-state index contributed by atoms with van der Waals surface area (Å²) in [6, 6.07) is 18.5. The monoisotopic (exact) mass is 601 g/mol. The number of benzene rings is 3. The first-order valence-electron chi connectivity index (χ1n) is 12.9. The van der Waals surface area contributed by atoms with E-state index in [1.54, 1.807) is 55.5 Å². The lowest BCUT2D eigenvalue weighted by Crippen LogP contribution is -2.54. The quantitative estimate of drug-likeness (QED) is 0.336. The summed E-state index contributed by atoms with van der Waals surface area (Å²) in [4.78, 5) is 28.7. The molecule has 1 atom stereocenters. The fourth-order valence-electron chi connectivity index (χ4n) is 4.12. The molecule has 3 aromatic carbocycles. The van der Waals surface area contributed by atoms with Gasteiger partial charge < -0.3 is 19.7 Å². The van der Waals surface area contributed by atoms with Crippen molar-refractivity contribution in [2.24, 2.45) is 0 Å². The smallest absolute Gasteiger partial charge is 0.264 e. The number of nitrogens with one attached hydrogen (secondary N) is 1. The SMILES string of the molecule is COc1cccc(CN(C(=O)CN(c2cc(Cl)ccc2OC)S(=O)(=O)c2ccccc2)C(C)C(=O)NC(C)(C)C)c1. The average molecular weight is 602 g/mol. The van der Waals surface area contributed by atoms with Crippen LogP contribution in [-0.2, 0) is 26.2 Å². The van der Waals surface area contributed by atoms with Gasteiger partial charge in [-0.05, 0) is 75.7 Å². The number of halogens is 1. The fourth-order valence-corrected chi connectivity index (χ4v) is 5.72. The number of amides is 2. The van der Waals surface area contributed by atoms with Gasteiger partial charge >= 0.3 is 0 Å². The molecule has 1 N–H and O–H groups in total. The highest BCUT2D eigenvalue weighted by Crippen LogP contribution is 2.35. The standard InChI is InChI=1S/C30H36ClN3O6S/c1-21(29(36)32-30(2,3)4)33(19-22-11-10-12-24(17-22)39-5)28(35)20-34(26-18-23(31)15-16-27(26)40-6)41(37,38)25-13-8-7-9-14-25/h7-18,21H,19-20H2,1-6H3,(H,32,36). The van der Waals surface area contributed by atoms with Gasteiger partial charge in [0.25, 0.3) is 10.0 Å². The molecule has 0 heterocycles. The molecule has 0 aliphatic carbocycles. The minimum Gasteiger partial charge on any atom is -0.497 e. The van der Waals surface area contributed by atoms with E-state index in [2.05, 4.69) is 5.32 Å². The number of methoxy groups -OCH3 is 2. The van der Waals surface area contributed by atoms with Crippen molar-refractivity contribution < 1.29 is 27.5 Å². The van der Waals surface area contributed by atoms with Crippen LogP contribution in [0.25, 0.3) is 0 Å². The number of rotatable bonds is 11. The van der Waals surface area contributed by atoms with Gasteiger partial charge in [-0.2, -0.15) is 0 Å². The maximum atomic E-state index is 14.1. The van der Waals surface area contributed by atoms with Gasteiger partial charge in [-0.15, -0.1) is 0 Å². The lowest BCUT2D eigenvalue weighted by atomic mass is 10.1. The number of ether oxygens (including phenoxy) is 2. The van der Waals surface area contributed by atoms with Gasteiger partial charge in [-0.25, -0.2) is 8.42 Å². The summed E-state index contributed by atoms with van der Waals surface area (Å²) < 4.78 is 39.7. The lowest BCUT2D eigenvalue weighted by Gasteiger charge is -2.33. The number of anilines is 1. The van der Waals surface area contributed by atoms with Gasteiger partial charge in [0.05, 0.1) is 24.8 Å². The van der Waals surface area contributed by atoms with Crippen molar-refractivity contribution in [2.45, 2.75) is 50.7 Å². The Balaban J connectivity index is 2.10. The van der Waals surface area contributed by atoms with Crippen LogP contribution in [0.5, 0.6) is 11.5 Å². The van der Waals surface area contributed by atoms with Crippen molar-refractivity contribution in [1.29, 1.82) is 0 Å². The first kappa shape index (κ1) is 31.8. The Labute approximate surface area is 247 Å². The summed E-state index contributed by atoms with van der Waals surface area (Å²) in [5, 5.41) is 3.16. The molecule has 0 aromatic heterocycles. The molecule has 0 aliphatic rings. The second-order valence-corrected chi connectivity index (χ2v) is 12.7. The van der Waals surface area contributed by atoms with E-state index in [4.69, 9.17) is 21.1 Å². The third kappa shape index (κ3) is 8.14. The minimum absolute atomic E-state index is 0.0206. The van der Waals surface area contributed by atoms with Gasteiger partial charge in [0, 0.05) is 17.1 Å². The van der Waals surface area contributed by atoms with Crippen LogP contribution < -0.4 is 19.1 Å². The van der Waals surface area contributed by atoms with Crippen molar-refractivity contribution in [1.82, 2.24) is 10.2 Å². The Kier molecular flexibility index (Phi) is 10.3. The number of nitrogens with zero attached hydrogens (tertiary/aromatic N) is 2. The summed E-state index contributed by atoms with van der Waals surface area (Å²) in [5.74, 6) is -0.198. The Morgan fingerprint density at radius 1 is 0.951 bits per heavy atom. The van der Waals surface area contributed by atoms with Crippen molar-refractivity contribution in [2.75, 3.05) is 25.1 Å². The van der Waals surface area contributed by atoms with Crippen LogP contribution in [0.15, 0.2) is 77.7 Å². The predicted octanol–water partition coefficient (Wildman–Crippen LogP) is 4.88. The Morgan fingerprint density at radius 3 is 2.24 bits per heavy atom. The molecule has 0 fully saturated rings. The zero-order valence-corrected chi connectivity index (χ0v) is 25.6. The molecule has 3 aromatic rings. The van der Waals surface area contributed by atoms with Gasteiger partial charge in [0.2, 0.25) is 11.8 Å². The fraction of sp³-hybridized carbons (Fsp3) is 0.333. The van der Waals surface area contributed by atoms with Gasteiger partial charge in [-0.3, -0.25) is 13.9 Å². The summed E-state index contributed by atoms with van der Waals surface area (Å²) in [5.41, 5.74) is 0.239. The number of hydrogen-bond donors (Lipinski definition) is 1. The first-order valence-corrected chi connectivity index (χ1v) is 14.7. The third-order valence-electron chi connectivity index (χ3n) is 6.17. The predicted molar refractivity (Wildman–Crippen MR) is 160 cm³/mol. The van der Waals surface area contributed by atoms with E-state index in [-0.39, 0.29) is 33.8 Å². The summed E-state index contributed by atoms with van der Waals surface area (Å²) >= 11 is 6.27. The molecule has 0 aliphatic heterocycles. The zero-order valence-electron chi connectivity index (χ0n) is 24.0. The maximum Gasteiger partial charge on any atom is 0.264 e. The van der Waals surface area contributed by atoms with E-state index in [0.29, 0.717) is 11.3 Å². The van der Waals surface area contributed by atoms with Crippen LogP contribution in [0, 0.1) is 0 Å². The minimum atomic E-state index is -4.26. The van der Waals surface area contributed by atoms with E-state index in [9.17, 15) is 18.0 Å². The number of sulfonamides is 1. The molecule has 9 nitrogen and oxygen atoms in total. The van der Waals surface area contributed by atoms with E-state index in [1.807, 2.05) is 20.8 Å². The van der Waals surface area contributed by atoms with Crippen LogP contribution in [0.4, 0.5) is 5.69 Å². The largest absolute Gasteiger partial charge is 0.497 e. The van der Waals surface area contributed by atoms with Crippen LogP contribution in [0.1, 0.15) is 33.3 Å². The Bertz CT molecular complexity index is 1480. The molecule has 220 valence electrons. The normalized spacial score (nSPS) is 12.3. The van der Waals surface area contributed by atoms with Crippen molar-refractivity contribution >= 4 is 39.1 Å². The third-order valence-corrected chi connectivity index (χ3v) is 8.18. The molecule has 0 saturated heterocycles. The zero-order chi connectivity index (χ0) is 30.4. The van der Waals surface area contributed by atoms with Crippen LogP contribution in [-0.4, -0.2) is 57.5 Å². The molecule has 0 bridgehead atoms. The van der Waals surface area contributed by atoms with Gasteiger partial charge in [0.1, 0.15) is 24.1 Å². The van der Waals surface area contributed by atoms with E-state index in [1.165, 1.54) is 43.4 Å². The molecule has 0 saturated carbocycles. The molecule has 0 radical (unpaired) electrons. The van der Waals surface area contributed by atoms with E-state index >= 15 is 0 Å². The first-order chi connectivity index (χ1) is 19.3. The molecular weight excluding hydrogens is 566 g/mol. The Morgan fingerprint density at radius 2 is 1.63 bits per heavy atom. The molecule has 2 amide bonds.